The van der Waals surface area contributed by atoms with E-state index in [1.54, 1.807) is 24.3 Å². The lowest BCUT2D eigenvalue weighted by Crippen LogP contribution is -2.54. The van der Waals surface area contributed by atoms with Crippen LogP contribution in [0.15, 0.2) is 54.1 Å². The fraction of sp³-hybridized carbons (Fsp3) is 0.179. The number of urea groups is 1. The van der Waals surface area contributed by atoms with Crippen molar-refractivity contribution in [1.29, 1.82) is 0 Å². The van der Waals surface area contributed by atoms with Gasteiger partial charge >= 0.3 is 6.03 Å². The van der Waals surface area contributed by atoms with E-state index in [0.29, 0.717) is 32.3 Å². The molecule has 0 spiro atoms. The molecule has 1 saturated heterocycles. The van der Waals surface area contributed by atoms with Crippen molar-refractivity contribution >= 4 is 75.4 Å². The fourth-order valence-electron chi connectivity index (χ4n) is 3.92. The number of amides is 4. The van der Waals surface area contributed by atoms with Crippen molar-refractivity contribution in [3.05, 3.63) is 78.8 Å². The first kappa shape index (κ1) is 29.5. The molecule has 0 unspecified atom stereocenters. The summed E-state index contributed by atoms with van der Waals surface area (Å²) in [6.45, 7) is 2.43. The van der Waals surface area contributed by atoms with E-state index in [-0.39, 0.29) is 34.4 Å². The van der Waals surface area contributed by atoms with Crippen LogP contribution in [0.2, 0.25) is 10.0 Å². The van der Waals surface area contributed by atoms with Crippen LogP contribution < -0.4 is 29.2 Å². The Bertz CT molecular complexity index is 1530. The van der Waals surface area contributed by atoms with Crippen LogP contribution in [0.25, 0.3) is 6.08 Å². The van der Waals surface area contributed by atoms with Gasteiger partial charge in [-0.15, -0.1) is 0 Å². The van der Waals surface area contributed by atoms with Gasteiger partial charge in [-0.25, -0.2) is 9.69 Å². The topological polar surface area (TPSA) is 103 Å². The Hall–Kier alpha value is -3.48. The van der Waals surface area contributed by atoms with Crippen molar-refractivity contribution in [3.63, 3.8) is 0 Å². The molecule has 1 aliphatic rings. The van der Waals surface area contributed by atoms with Crippen molar-refractivity contribution < 1.29 is 33.3 Å². The number of carbonyl (C=O) groups excluding carboxylic acids is 3. The Labute approximate surface area is 254 Å². The Morgan fingerprint density at radius 3 is 2.38 bits per heavy atom. The van der Waals surface area contributed by atoms with Crippen molar-refractivity contribution in [2.24, 2.45) is 0 Å². The molecule has 12 heteroatoms. The number of benzene rings is 3. The standard InChI is InChI=1S/C28H23Cl2IN2O7/c1-4-39-24-11-16(10-20(31)25(24)40-14-15-6-5-7-17(29)8-15)9-18-26(34)32-28(36)33(27(18)35)21-13-22(37-2)19(30)12-23(21)38-3/h5-13H,4,14H2,1-3H3,(H,32,34,36)/b18-9+. The number of ether oxygens (including phenoxy) is 4. The number of hydrogen-bond acceptors (Lipinski definition) is 7. The number of methoxy groups -OCH3 is 2. The molecule has 3 aromatic rings. The quantitative estimate of drug-likeness (QED) is 0.160. The molecule has 0 saturated carbocycles. The second-order valence-corrected chi connectivity index (χ2v) is 10.3. The van der Waals surface area contributed by atoms with Gasteiger partial charge in [-0.3, -0.25) is 14.9 Å². The first-order valence-electron chi connectivity index (χ1n) is 11.8. The molecule has 4 rings (SSSR count). The van der Waals surface area contributed by atoms with Gasteiger partial charge in [0.25, 0.3) is 11.8 Å². The lowest BCUT2D eigenvalue weighted by molar-refractivity contribution is -0.122. The van der Waals surface area contributed by atoms with Crippen molar-refractivity contribution in [2.45, 2.75) is 13.5 Å². The number of barbiturate groups is 1. The number of anilines is 1. The first-order valence-corrected chi connectivity index (χ1v) is 13.7. The molecule has 0 bridgehead atoms. The van der Waals surface area contributed by atoms with Crippen molar-refractivity contribution in [1.82, 2.24) is 5.32 Å². The van der Waals surface area contributed by atoms with Gasteiger partial charge in [0.2, 0.25) is 0 Å². The summed E-state index contributed by atoms with van der Waals surface area (Å²) in [6, 6.07) is 12.5. The summed E-state index contributed by atoms with van der Waals surface area (Å²) in [7, 11) is 2.76. The van der Waals surface area contributed by atoms with Crippen molar-refractivity contribution in [3.8, 4) is 23.0 Å². The Morgan fingerprint density at radius 1 is 0.950 bits per heavy atom. The van der Waals surface area contributed by atoms with Crippen LogP contribution in [0.3, 0.4) is 0 Å². The van der Waals surface area contributed by atoms with Gasteiger partial charge < -0.3 is 18.9 Å². The molecule has 9 nitrogen and oxygen atoms in total. The molecular weight excluding hydrogens is 674 g/mol. The molecule has 208 valence electrons. The first-order chi connectivity index (χ1) is 19.2. The van der Waals surface area contributed by atoms with Gasteiger partial charge in [0.1, 0.15) is 23.7 Å². The molecule has 40 heavy (non-hydrogen) atoms. The van der Waals surface area contributed by atoms with Gasteiger partial charge in [-0.1, -0.05) is 35.3 Å². The Kier molecular flexibility index (Phi) is 9.44. The minimum Gasteiger partial charge on any atom is -0.495 e. The third-order valence-corrected chi connectivity index (χ3v) is 7.04. The molecule has 1 heterocycles. The zero-order valence-corrected chi connectivity index (χ0v) is 25.2. The molecule has 1 fully saturated rings. The molecule has 0 atom stereocenters. The number of carbonyl (C=O) groups is 3. The van der Waals surface area contributed by atoms with E-state index in [9.17, 15) is 14.4 Å². The third kappa shape index (κ3) is 6.29. The van der Waals surface area contributed by atoms with Crippen LogP contribution in [-0.2, 0) is 16.2 Å². The number of rotatable bonds is 9. The highest BCUT2D eigenvalue weighted by Gasteiger charge is 2.38. The number of imide groups is 2. The van der Waals surface area contributed by atoms with Gasteiger partial charge in [-0.2, -0.15) is 0 Å². The molecule has 0 aliphatic carbocycles. The van der Waals surface area contributed by atoms with Gasteiger partial charge in [-0.05, 0) is 71.0 Å². The second kappa shape index (κ2) is 12.8. The van der Waals surface area contributed by atoms with E-state index in [4.69, 9.17) is 42.1 Å². The maximum Gasteiger partial charge on any atom is 0.336 e. The second-order valence-electron chi connectivity index (χ2n) is 8.30. The highest BCUT2D eigenvalue weighted by Crippen LogP contribution is 2.40. The zero-order valence-electron chi connectivity index (χ0n) is 21.5. The average molecular weight is 697 g/mol. The van der Waals surface area contributed by atoms with E-state index in [1.807, 2.05) is 19.1 Å². The highest BCUT2D eigenvalue weighted by atomic mass is 127. The average Bonchev–Trinajstić information content (AvgIpc) is 2.91. The normalized spacial score (nSPS) is 14.3. The highest BCUT2D eigenvalue weighted by molar-refractivity contribution is 14.1. The molecule has 1 N–H and O–H groups in total. The van der Waals surface area contributed by atoms with E-state index >= 15 is 0 Å². The van der Waals surface area contributed by atoms with Gasteiger partial charge in [0, 0.05) is 17.2 Å². The minimum absolute atomic E-state index is 0.0546. The fourth-order valence-corrected chi connectivity index (χ4v) is 5.14. The third-order valence-electron chi connectivity index (χ3n) is 5.71. The summed E-state index contributed by atoms with van der Waals surface area (Å²) in [4.78, 5) is 39.9. The maximum absolute atomic E-state index is 13.5. The van der Waals surface area contributed by atoms with Crippen LogP contribution in [0, 0.1) is 3.57 Å². The predicted octanol–water partition coefficient (Wildman–Crippen LogP) is 6.26. The summed E-state index contributed by atoms with van der Waals surface area (Å²) in [6.07, 6.45) is 1.38. The van der Waals surface area contributed by atoms with E-state index in [0.717, 1.165) is 10.5 Å². The smallest absolute Gasteiger partial charge is 0.336 e. The summed E-state index contributed by atoms with van der Waals surface area (Å²) in [5.41, 5.74) is 1.14. The van der Waals surface area contributed by atoms with E-state index in [1.165, 1.54) is 32.4 Å². The van der Waals surface area contributed by atoms with Crippen LogP contribution in [0.4, 0.5) is 10.5 Å². The maximum atomic E-state index is 13.5. The van der Waals surface area contributed by atoms with Gasteiger partial charge in [0.15, 0.2) is 11.5 Å². The largest absolute Gasteiger partial charge is 0.495 e. The van der Waals surface area contributed by atoms with Crippen LogP contribution in [0.5, 0.6) is 23.0 Å². The zero-order chi connectivity index (χ0) is 29.0. The number of halogens is 3. The molecular formula is C28H23Cl2IN2O7. The summed E-state index contributed by atoms with van der Waals surface area (Å²) >= 11 is 14.4. The molecule has 1 aliphatic heterocycles. The monoisotopic (exact) mass is 696 g/mol. The van der Waals surface area contributed by atoms with Crippen molar-refractivity contribution in [2.75, 3.05) is 25.7 Å². The number of hydrogen-bond donors (Lipinski definition) is 1. The van der Waals surface area contributed by atoms with E-state index in [2.05, 4.69) is 27.9 Å². The van der Waals surface area contributed by atoms with Gasteiger partial charge in [0.05, 0.1) is 35.1 Å². The Balaban J connectivity index is 1.71. The molecule has 0 aromatic heterocycles. The Morgan fingerprint density at radius 2 is 1.70 bits per heavy atom. The minimum atomic E-state index is -0.941. The van der Waals surface area contributed by atoms with E-state index < -0.39 is 17.8 Å². The number of nitrogens with one attached hydrogen (secondary N) is 1. The van der Waals surface area contributed by atoms with Crippen LogP contribution >= 0.6 is 45.8 Å². The lowest BCUT2D eigenvalue weighted by Gasteiger charge is -2.28. The SMILES string of the molecule is CCOc1cc(/C=C2\C(=O)NC(=O)N(c3cc(OC)c(Cl)cc3OC)C2=O)cc(I)c1OCc1cccc(Cl)c1. The molecule has 4 amide bonds. The van der Waals surface area contributed by atoms with Crippen LogP contribution in [-0.4, -0.2) is 38.7 Å². The molecule has 3 aromatic carbocycles. The molecule has 0 radical (unpaired) electrons. The summed E-state index contributed by atoms with van der Waals surface area (Å²) in [5.74, 6) is -0.434. The van der Waals surface area contributed by atoms with Crippen LogP contribution in [0.1, 0.15) is 18.1 Å². The summed E-state index contributed by atoms with van der Waals surface area (Å²) in [5, 5.41) is 3.02. The lowest BCUT2D eigenvalue weighted by atomic mass is 10.1. The summed E-state index contributed by atoms with van der Waals surface area (Å²) < 4.78 is 23.1. The predicted molar refractivity (Wildman–Crippen MR) is 160 cm³/mol. The number of nitrogens with zero attached hydrogens (tertiary/aromatic N) is 1.